The first-order chi connectivity index (χ1) is 8.18. The van der Waals surface area contributed by atoms with Crippen LogP contribution in [-0.2, 0) is 11.3 Å². The Morgan fingerprint density at radius 1 is 1.47 bits per heavy atom. The SMILES string of the molecule is O=C(NCc1cccc(F)c1F)[C@@H]1CCCN1. The lowest BCUT2D eigenvalue weighted by atomic mass is 10.2. The number of carbonyl (C=O) groups is 1. The zero-order valence-electron chi connectivity index (χ0n) is 9.30. The van der Waals surface area contributed by atoms with Gasteiger partial charge < -0.3 is 10.6 Å². The van der Waals surface area contributed by atoms with Crippen molar-refractivity contribution in [3.05, 3.63) is 35.4 Å². The second kappa shape index (κ2) is 5.23. The van der Waals surface area contributed by atoms with Crippen molar-refractivity contribution in [1.82, 2.24) is 10.6 Å². The number of carbonyl (C=O) groups excluding carboxylic acids is 1. The fourth-order valence-corrected chi connectivity index (χ4v) is 1.90. The summed E-state index contributed by atoms with van der Waals surface area (Å²) >= 11 is 0. The van der Waals surface area contributed by atoms with E-state index >= 15 is 0 Å². The Morgan fingerprint density at radius 2 is 2.29 bits per heavy atom. The van der Waals surface area contributed by atoms with Gasteiger partial charge in [-0.1, -0.05) is 12.1 Å². The molecule has 0 saturated carbocycles. The summed E-state index contributed by atoms with van der Waals surface area (Å²) in [6.45, 7) is 0.840. The topological polar surface area (TPSA) is 41.1 Å². The third-order valence-corrected chi connectivity index (χ3v) is 2.86. The van der Waals surface area contributed by atoms with Crippen molar-refractivity contribution >= 4 is 5.91 Å². The molecule has 5 heteroatoms. The van der Waals surface area contributed by atoms with E-state index in [9.17, 15) is 13.6 Å². The largest absolute Gasteiger partial charge is 0.351 e. The molecule has 0 aliphatic carbocycles. The standard InChI is InChI=1S/C12H14F2N2O/c13-9-4-1-3-8(11(9)14)7-16-12(17)10-5-2-6-15-10/h1,3-4,10,15H,2,5-7H2,(H,16,17)/t10-/m0/s1. The molecule has 0 radical (unpaired) electrons. The summed E-state index contributed by atoms with van der Waals surface area (Å²) < 4.78 is 26.2. The fraction of sp³-hybridized carbons (Fsp3) is 0.417. The molecule has 2 N–H and O–H groups in total. The van der Waals surface area contributed by atoms with Crippen LogP contribution in [0.15, 0.2) is 18.2 Å². The van der Waals surface area contributed by atoms with Crippen LogP contribution in [0.5, 0.6) is 0 Å². The van der Waals surface area contributed by atoms with Crippen molar-refractivity contribution in [2.24, 2.45) is 0 Å². The summed E-state index contributed by atoms with van der Waals surface area (Å²) in [5.74, 6) is -1.95. The Balaban J connectivity index is 1.93. The van der Waals surface area contributed by atoms with Gasteiger partial charge in [-0.25, -0.2) is 8.78 Å². The number of halogens is 2. The van der Waals surface area contributed by atoms with Crippen LogP contribution in [0.3, 0.4) is 0 Å². The minimum Gasteiger partial charge on any atom is -0.351 e. The molecule has 0 bridgehead atoms. The van der Waals surface area contributed by atoms with Gasteiger partial charge in [0.2, 0.25) is 5.91 Å². The molecule has 1 aliphatic heterocycles. The zero-order valence-corrected chi connectivity index (χ0v) is 9.30. The molecule has 1 amide bonds. The molecule has 92 valence electrons. The molecule has 1 aliphatic rings. The monoisotopic (exact) mass is 240 g/mol. The lowest BCUT2D eigenvalue weighted by molar-refractivity contribution is -0.122. The highest BCUT2D eigenvalue weighted by Gasteiger charge is 2.21. The number of hydrogen-bond donors (Lipinski definition) is 2. The highest BCUT2D eigenvalue weighted by atomic mass is 19.2. The van der Waals surface area contributed by atoms with Gasteiger partial charge in [0.15, 0.2) is 11.6 Å². The number of nitrogens with one attached hydrogen (secondary N) is 2. The first kappa shape index (κ1) is 12.0. The van der Waals surface area contributed by atoms with E-state index in [1.807, 2.05) is 0 Å². The van der Waals surface area contributed by atoms with E-state index in [2.05, 4.69) is 10.6 Å². The molecular formula is C12H14F2N2O. The molecule has 17 heavy (non-hydrogen) atoms. The Morgan fingerprint density at radius 3 is 3.00 bits per heavy atom. The Hall–Kier alpha value is -1.49. The van der Waals surface area contributed by atoms with Gasteiger partial charge in [-0.05, 0) is 25.5 Å². The minimum atomic E-state index is -0.896. The molecule has 0 aromatic heterocycles. The first-order valence-electron chi connectivity index (χ1n) is 5.62. The van der Waals surface area contributed by atoms with E-state index in [0.29, 0.717) is 0 Å². The van der Waals surface area contributed by atoms with Crippen LogP contribution in [0.1, 0.15) is 18.4 Å². The summed E-state index contributed by atoms with van der Waals surface area (Å²) in [5, 5.41) is 5.64. The maximum atomic E-state index is 13.3. The Labute approximate surface area is 98.2 Å². The lowest BCUT2D eigenvalue weighted by Crippen LogP contribution is -2.40. The Kier molecular flexibility index (Phi) is 3.68. The fourth-order valence-electron chi connectivity index (χ4n) is 1.90. The highest BCUT2D eigenvalue weighted by molar-refractivity contribution is 5.81. The number of hydrogen-bond acceptors (Lipinski definition) is 2. The average Bonchev–Trinajstić information content (AvgIpc) is 2.84. The van der Waals surface area contributed by atoms with Crippen molar-refractivity contribution in [2.45, 2.75) is 25.4 Å². The highest BCUT2D eigenvalue weighted by Crippen LogP contribution is 2.11. The number of benzene rings is 1. The minimum absolute atomic E-state index is 0.0145. The molecule has 1 fully saturated rings. The second-order valence-electron chi connectivity index (χ2n) is 4.08. The van der Waals surface area contributed by atoms with E-state index in [0.717, 1.165) is 25.5 Å². The maximum Gasteiger partial charge on any atom is 0.237 e. The summed E-state index contributed by atoms with van der Waals surface area (Å²) in [5.41, 5.74) is 0.163. The van der Waals surface area contributed by atoms with Crippen LogP contribution >= 0.6 is 0 Å². The molecule has 1 aromatic carbocycles. The van der Waals surface area contributed by atoms with Gasteiger partial charge >= 0.3 is 0 Å². The van der Waals surface area contributed by atoms with Crippen LogP contribution in [-0.4, -0.2) is 18.5 Å². The van der Waals surface area contributed by atoms with E-state index in [4.69, 9.17) is 0 Å². The predicted molar refractivity (Wildman–Crippen MR) is 59.2 cm³/mol. The molecule has 0 unspecified atom stereocenters. The van der Waals surface area contributed by atoms with Gasteiger partial charge in [-0.3, -0.25) is 4.79 Å². The molecule has 1 atom stereocenters. The predicted octanol–water partition coefficient (Wildman–Crippen LogP) is 1.33. The molecular weight excluding hydrogens is 226 g/mol. The van der Waals surface area contributed by atoms with Crippen molar-refractivity contribution in [3.63, 3.8) is 0 Å². The van der Waals surface area contributed by atoms with E-state index in [1.165, 1.54) is 12.1 Å². The van der Waals surface area contributed by atoms with Crippen molar-refractivity contribution in [2.75, 3.05) is 6.54 Å². The summed E-state index contributed by atoms with van der Waals surface area (Å²) in [6, 6.07) is 3.74. The zero-order chi connectivity index (χ0) is 12.3. The van der Waals surface area contributed by atoms with Crippen LogP contribution < -0.4 is 10.6 Å². The van der Waals surface area contributed by atoms with Gasteiger partial charge in [0.1, 0.15) is 0 Å². The molecule has 3 nitrogen and oxygen atoms in total. The second-order valence-corrected chi connectivity index (χ2v) is 4.08. The van der Waals surface area contributed by atoms with Crippen LogP contribution in [0.4, 0.5) is 8.78 Å². The van der Waals surface area contributed by atoms with Gasteiger partial charge in [-0.2, -0.15) is 0 Å². The average molecular weight is 240 g/mol. The van der Waals surface area contributed by atoms with Crippen LogP contribution in [0.25, 0.3) is 0 Å². The van der Waals surface area contributed by atoms with Crippen molar-refractivity contribution in [3.8, 4) is 0 Å². The van der Waals surface area contributed by atoms with Crippen molar-refractivity contribution < 1.29 is 13.6 Å². The van der Waals surface area contributed by atoms with E-state index in [1.54, 1.807) is 0 Å². The number of amides is 1. The van der Waals surface area contributed by atoms with Gasteiger partial charge in [0, 0.05) is 12.1 Å². The maximum absolute atomic E-state index is 13.3. The normalized spacial score (nSPS) is 19.3. The first-order valence-corrected chi connectivity index (χ1v) is 5.62. The third kappa shape index (κ3) is 2.79. The van der Waals surface area contributed by atoms with Crippen LogP contribution in [0.2, 0.25) is 0 Å². The van der Waals surface area contributed by atoms with E-state index in [-0.39, 0.29) is 24.1 Å². The molecule has 0 spiro atoms. The van der Waals surface area contributed by atoms with E-state index < -0.39 is 11.6 Å². The molecule has 1 aromatic rings. The lowest BCUT2D eigenvalue weighted by Gasteiger charge is -2.11. The van der Waals surface area contributed by atoms with Gasteiger partial charge in [0.05, 0.1) is 6.04 Å². The van der Waals surface area contributed by atoms with Crippen LogP contribution in [0, 0.1) is 11.6 Å². The smallest absolute Gasteiger partial charge is 0.237 e. The van der Waals surface area contributed by atoms with Crippen molar-refractivity contribution in [1.29, 1.82) is 0 Å². The summed E-state index contributed by atoms with van der Waals surface area (Å²) in [6.07, 6.45) is 1.75. The molecule has 1 saturated heterocycles. The quantitative estimate of drug-likeness (QED) is 0.837. The number of rotatable bonds is 3. The Bertz CT molecular complexity index is 417. The summed E-state index contributed by atoms with van der Waals surface area (Å²) in [7, 11) is 0. The molecule has 2 rings (SSSR count). The van der Waals surface area contributed by atoms with Gasteiger partial charge in [0.25, 0.3) is 0 Å². The summed E-state index contributed by atoms with van der Waals surface area (Å²) in [4.78, 5) is 11.6. The third-order valence-electron chi connectivity index (χ3n) is 2.86. The molecule has 1 heterocycles. The van der Waals surface area contributed by atoms with Gasteiger partial charge in [-0.15, -0.1) is 0 Å².